The van der Waals surface area contributed by atoms with Gasteiger partial charge < -0.3 is 15.2 Å². The van der Waals surface area contributed by atoms with Gasteiger partial charge in [0.2, 0.25) is 0 Å². The summed E-state index contributed by atoms with van der Waals surface area (Å²) < 4.78 is 5.19. The number of nitrogens with zero attached hydrogens (tertiary/aromatic N) is 1. The molecule has 3 heterocycles. The number of para-hydroxylation sites is 1. The minimum absolute atomic E-state index is 0.0525. The second-order valence-electron chi connectivity index (χ2n) is 7.87. The Hall–Kier alpha value is -1.85. The second kappa shape index (κ2) is 5.08. The van der Waals surface area contributed by atoms with E-state index in [1.807, 2.05) is 13.0 Å². The molecular formula is C20H24N2O3. The van der Waals surface area contributed by atoms with Crippen LogP contribution in [0.1, 0.15) is 25.3 Å². The van der Waals surface area contributed by atoms with Crippen molar-refractivity contribution in [1.29, 1.82) is 0 Å². The van der Waals surface area contributed by atoms with Gasteiger partial charge in [-0.2, -0.15) is 0 Å². The molecular weight excluding hydrogens is 316 g/mol. The van der Waals surface area contributed by atoms with E-state index in [1.165, 1.54) is 12.7 Å². The van der Waals surface area contributed by atoms with Crippen LogP contribution in [0.3, 0.4) is 0 Å². The van der Waals surface area contributed by atoms with Crippen LogP contribution >= 0.6 is 0 Å². The van der Waals surface area contributed by atoms with Crippen molar-refractivity contribution < 1.29 is 14.6 Å². The van der Waals surface area contributed by atoms with E-state index in [0.717, 1.165) is 42.9 Å². The van der Waals surface area contributed by atoms with Crippen molar-refractivity contribution >= 4 is 11.7 Å². The van der Waals surface area contributed by atoms with Gasteiger partial charge in [0.1, 0.15) is 0 Å². The van der Waals surface area contributed by atoms with Crippen LogP contribution in [0, 0.1) is 11.8 Å². The van der Waals surface area contributed by atoms with Crippen LogP contribution in [0.2, 0.25) is 0 Å². The molecule has 3 aliphatic heterocycles. The minimum Gasteiger partial charge on any atom is -0.466 e. The molecule has 2 N–H and O–H groups in total. The van der Waals surface area contributed by atoms with E-state index in [9.17, 15) is 9.90 Å². The van der Waals surface area contributed by atoms with E-state index < -0.39 is 6.10 Å². The molecule has 5 atom stereocenters. The van der Waals surface area contributed by atoms with Crippen molar-refractivity contribution in [3.63, 3.8) is 0 Å². The Morgan fingerprint density at radius 3 is 2.96 bits per heavy atom. The van der Waals surface area contributed by atoms with Gasteiger partial charge in [-0.25, -0.2) is 4.79 Å². The zero-order valence-corrected chi connectivity index (χ0v) is 14.7. The molecule has 2 bridgehead atoms. The first-order valence-corrected chi connectivity index (χ1v) is 9.21. The van der Waals surface area contributed by atoms with Crippen LogP contribution in [0.15, 0.2) is 35.5 Å². The Morgan fingerprint density at radius 2 is 2.20 bits per heavy atom. The number of benzene rings is 1. The normalized spacial score (nSPS) is 36.5. The van der Waals surface area contributed by atoms with Crippen LogP contribution < -0.4 is 5.32 Å². The minimum atomic E-state index is -0.457. The third kappa shape index (κ3) is 1.73. The molecule has 1 aliphatic carbocycles. The highest BCUT2D eigenvalue weighted by molar-refractivity contribution is 5.93. The summed E-state index contributed by atoms with van der Waals surface area (Å²) in [6, 6.07) is 8.62. The second-order valence-corrected chi connectivity index (χ2v) is 7.87. The molecule has 0 aromatic heterocycles. The molecule has 5 heteroatoms. The van der Waals surface area contributed by atoms with Gasteiger partial charge in [0.15, 0.2) is 0 Å². The first-order valence-electron chi connectivity index (χ1n) is 9.21. The number of anilines is 1. The molecule has 0 radical (unpaired) electrons. The largest absolute Gasteiger partial charge is 0.466 e. The topological polar surface area (TPSA) is 61.8 Å². The Morgan fingerprint density at radius 1 is 1.40 bits per heavy atom. The van der Waals surface area contributed by atoms with E-state index >= 15 is 0 Å². The van der Waals surface area contributed by atoms with Crippen molar-refractivity contribution in [2.45, 2.75) is 37.3 Å². The van der Waals surface area contributed by atoms with E-state index in [2.05, 4.69) is 28.4 Å². The molecule has 2 fully saturated rings. The Labute approximate surface area is 147 Å². The van der Waals surface area contributed by atoms with Crippen molar-refractivity contribution in [3.8, 4) is 0 Å². The molecule has 2 saturated heterocycles. The number of hydrogen-bond donors (Lipinski definition) is 2. The predicted molar refractivity (Wildman–Crippen MR) is 94.0 cm³/mol. The van der Waals surface area contributed by atoms with Crippen LogP contribution in [0.5, 0.6) is 0 Å². The van der Waals surface area contributed by atoms with Gasteiger partial charge in [-0.15, -0.1) is 0 Å². The number of ether oxygens (including phenoxy) is 1. The van der Waals surface area contributed by atoms with Crippen LogP contribution in [-0.2, 0) is 14.9 Å². The highest BCUT2D eigenvalue weighted by Gasteiger charge is 2.65. The lowest BCUT2D eigenvalue weighted by Crippen LogP contribution is -2.60. The molecule has 0 amide bonds. The van der Waals surface area contributed by atoms with E-state index in [1.54, 1.807) is 0 Å². The predicted octanol–water partition coefficient (Wildman–Crippen LogP) is 1.88. The van der Waals surface area contributed by atoms with E-state index in [-0.39, 0.29) is 29.3 Å². The molecule has 1 spiro atoms. The fourth-order valence-corrected chi connectivity index (χ4v) is 6.18. The number of fused-ring (bicyclic) bond motifs is 2. The smallest absolute Gasteiger partial charge is 0.335 e. The lowest BCUT2D eigenvalue weighted by Gasteiger charge is -2.53. The number of rotatable bonds is 2. The van der Waals surface area contributed by atoms with Crippen LogP contribution in [0.4, 0.5) is 5.69 Å². The number of methoxy groups -OCH3 is 1. The average molecular weight is 340 g/mol. The first-order chi connectivity index (χ1) is 12.1. The van der Waals surface area contributed by atoms with Gasteiger partial charge in [-0.3, -0.25) is 4.90 Å². The highest BCUT2D eigenvalue weighted by atomic mass is 16.5. The zero-order chi connectivity index (χ0) is 17.3. The molecule has 4 aliphatic rings. The van der Waals surface area contributed by atoms with Crippen molar-refractivity contribution in [3.05, 3.63) is 41.1 Å². The summed E-state index contributed by atoms with van der Waals surface area (Å²) in [6.45, 7) is 3.87. The maximum Gasteiger partial charge on any atom is 0.335 e. The number of hydrogen-bond acceptors (Lipinski definition) is 5. The van der Waals surface area contributed by atoms with Crippen LogP contribution in [-0.4, -0.2) is 48.3 Å². The fourth-order valence-electron chi connectivity index (χ4n) is 6.18. The molecule has 0 unspecified atom stereocenters. The maximum absolute atomic E-state index is 12.8. The number of carbonyl (C=O) groups excluding carboxylic acids is 1. The summed E-state index contributed by atoms with van der Waals surface area (Å²) in [6.07, 6.45) is 1.42. The summed E-state index contributed by atoms with van der Waals surface area (Å²) in [4.78, 5) is 15.3. The quantitative estimate of drug-likeness (QED) is 0.805. The van der Waals surface area contributed by atoms with Gasteiger partial charge >= 0.3 is 5.97 Å². The summed E-state index contributed by atoms with van der Waals surface area (Å²) in [5.74, 6) is -0.136. The van der Waals surface area contributed by atoms with Crippen LogP contribution in [0.25, 0.3) is 0 Å². The summed E-state index contributed by atoms with van der Waals surface area (Å²) in [5.41, 5.74) is 3.94. The Kier molecular flexibility index (Phi) is 3.13. The lowest BCUT2D eigenvalue weighted by atomic mass is 9.57. The average Bonchev–Trinajstić information content (AvgIpc) is 3.17. The van der Waals surface area contributed by atoms with Crippen molar-refractivity contribution in [2.75, 3.05) is 25.5 Å². The van der Waals surface area contributed by atoms with Gasteiger partial charge in [-0.05, 0) is 44.5 Å². The van der Waals surface area contributed by atoms with Crippen molar-refractivity contribution in [2.24, 2.45) is 11.8 Å². The summed E-state index contributed by atoms with van der Waals surface area (Å²) in [7, 11) is 1.46. The van der Waals surface area contributed by atoms with Gasteiger partial charge in [0.05, 0.1) is 24.2 Å². The van der Waals surface area contributed by atoms with E-state index in [0.29, 0.717) is 0 Å². The number of aliphatic hydroxyl groups is 1. The lowest BCUT2D eigenvalue weighted by molar-refractivity contribution is -0.138. The molecule has 5 rings (SSSR count). The molecule has 5 nitrogen and oxygen atoms in total. The standard InChI is InChI=1S/C20H24N2O3/c1-11(23)15-12-7-9-22-10-8-20(18(15)22)13-5-3-4-6-14(13)21-17(20)16(12)19(24)25-2/h3-6,11-12,15,18,21,23H,7-10H2,1-2H3/t11-,12+,15+,18-,20-/m1/s1. The zero-order valence-electron chi connectivity index (χ0n) is 14.7. The van der Waals surface area contributed by atoms with Gasteiger partial charge in [0, 0.05) is 29.3 Å². The monoisotopic (exact) mass is 340 g/mol. The van der Waals surface area contributed by atoms with E-state index in [4.69, 9.17) is 4.74 Å². The molecule has 0 saturated carbocycles. The summed E-state index contributed by atoms with van der Waals surface area (Å²) in [5, 5.41) is 14.2. The first kappa shape index (κ1) is 15.4. The van der Waals surface area contributed by atoms with Gasteiger partial charge in [0.25, 0.3) is 0 Å². The maximum atomic E-state index is 12.8. The fraction of sp³-hybridized carbons (Fsp3) is 0.550. The number of esters is 1. The molecule has 1 aromatic carbocycles. The highest BCUT2D eigenvalue weighted by Crippen LogP contribution is 2.62. The number of carbonyl (C=O) groups is 1. The molecule has 1 aromatic rings. The SMILES string of the molecule is COC(=O)C1=C2Nc3ccccc3[C@]23CCN2CC[C@H]1[C@H]([C@@H](C)O)[C@@H]23. The van der Waals surface area contributed by atoms with Crippen molar-refractivity contribution in [1.82, 2.24) is 4.90 Å². The Balaban J connectivity index is 1.83. The number of aliphatic hydroxyl groups excluding tert-OH is 1. The third-order valence-corrected chi connectivity index (χ3v) is 6.96. The molecule has 132 valence electrons. The number of piperidine rings is 1. The van der Waals surface area contributed by atoms with Gasteiger partial charge in [-0.1, -0.05) is 18.2 Å². The Bertz CT molecular complexity index is 787. The molecule has 25 heavy (non-hydrogen) atoms. The number of nitrogens with one attached hydrogen (secondary N) is 1. The third-order valence-electron chi connectivity index (χ3n) is 6.96. The summed E-state index contributed by atoms with van der Waals surface area (Å²) >= 11 is 0.